The maximum Gasteiger partial charge on any atom is 0.253 e. The lowest BCUT2D eigenvalue weighted by Gasteiger charge is -2.26. The number of amides is 1. The number of aliphatic imine (C=N–C) groups is 1. The molecule has 142 valence electrons. The fourth-order valence-electron chi connectivity index (χ4n) is 3.09. The second-order valence-electron chi connectivity index (χ2n) is 7.69. The van der Waals surface area contributed by atoms with Gasteiger partial charge >= 0.3 is 0 Å². The van der Waals surface area contributed by atoms with Crippen LogP contribution in [0.1, 0.15) is 26.3 Å². The summed E-state index contributed by atoms with van der Waals surface area (Å²) in [5, 5.41) is 0.530. The molecule has 0 aromatic heterocycles. The number of sulfone groups is 1. The van der Waals surface area contributed by atoms with Gasteiger partial charge in [0.1, 0.15) is 5.75 Å². The molecule has 2 heterocycles. The van der Waals surface area contributed by atoms with E-state index in [4.69, 9.17) is 4.74 Å². The molecule has 3 rings (SSSR count). The molecule has 2 aliphatic heterocycles. The number of carbonyl (C=O) groups excluding carboxylic acids is 1. The second kappa shape index (κ2) is 6.88. The zero-order valence-electron chi connectivity index (χ0n) is 15.4. The van der Waals surface area contributed by atoms with Crippen molar-refractivity contribution in [2.45, 2.75) is 38.6 Å². The summed E-state index contributed by atoms with van der Waals surface area (Å²) in [5.74, 6) is 0.770. The summed E-state index contributed by atoms with van der Waals surface area (Å²) in [6, 6.07) is 7.46. The van der Waals surface area contributed by atoms with Crippen molar-refractivity contribution in [1.29, 1.82) is 0 Å². The van der Waals surface area contributed by atoms with Crippen LogP contribution in [0.4, 0.5) is 0 Å². The van der Waals surface area contributed by atoms with E-state index in [2.05, 4.69) is 4.99 Å². The van der Waals surface area contributed by atoms with E-state index in [9.17, 15) is 13.2 Å². The monoisotopic (exact) mass is 396 g/mol. The number of hydrogen-bond acceptors (Lipinski definition) is 5. The van der Waals surface area contributed by atoms with E-state index in [1.807, 2.05) is 49.9 Å². The van der Waals surface area contributed by atoms with E-state index in [0.29, 0.717) is 11.7 Å². The van der Waals surface area contributed by atoms with Crippen LogP contribution >= 0.6 is 11.8 Å². The maximum atomic E-state index is 12.4. The zero-order valence-corrected chi connectivity index (χ0v) is 17.1. The molecule has 2 atom stereocenters. The number of ether oxygens (including phenoxy) is 1. The molecule has 2 fully saturated rings. The molecule has 6 nitrogen and oxygen atoms in total. The Bertz CT molecular complexity index is 843. The van der Waals surface area contributed by atoms with Crippen molar-refractivity contribution in [3.05, 3.63) is 29.8 Å². The van der Waals surface area contributed by atoms with E-state index < -0.39 is 15.3 Å². The molecule has 0 unspecified atom stereocenters. The molecule has 26 heavy (non-hydrogen) atoms. The third kappa shape index (κ3) is 3.91. The van der Waals surface area contributed by atoms with Crippen LogP contribution < -0.4 is 4.74 Å². The van der Waals surface area contributed by atoms with Crippen molar-refractivity contribution >= 4 is 32.7 Å². The molecule has 0 radical (unpaired) electrons. The van der Waals surface area contributed by atoms with Gasteiger partial charge in [0, 0.05) is 22.8 Å². The van der Waals surface area contributed by atoms with Gasteiger partial charge in [0.2, 0.25) is 0 Å². The first-order valence-electron chi connectivity index (χ1n) is 8.49. The first-order valence-corrected chi connectivity index (χ1v) is 11.2. The first-order chi connectivity index (χ1) is 12.1. The van der Waals surface area contributed by atoms with Gasteiger partial charge in [-0.1, -0.05) is 50.7 Å². The number of methoxy groups -OCH3 is 1. The molecular formula is C18H24N2O4S2. The molecule has 1 aromatic rings. The molecule has 8 heteroatoms. The van der Waals surface area contributed by atoms with Gasteiger partial charge in [0.25, 0.3) is 5.91 Å². The number of amidine groups is 1. The first kappa shape index (κ1) is 19.2. The largest absolute Gasteiger partial charge is 0.496 e. The van der Waals surface area contributed by atoms with Gasteiger partial charge in [-0.15, -0.1) is 0 Å². The van der Waals surface area contributed by atoms with Crippen LogP contribution in [0.15, 0.2) is 29.3 Å². The Hall–Kier alpha value is -1.54. The molecule has 0 bridgehead atoms. The van der Waals surface area contributed by atoms with E-state index in [1.165, 1.54) is 11.8 Å². The van der Waals surface area contributed by atoms with Crippen molar-refractivity contribution in [2.75, 3.05) is 18.6 Å². The third-order valence-corrected chi connectivity index (χ3v) is 7.79. The molecule has 0 N–H and O–H groups in total. The van der Waals surface area contributed by atoms with E-state index in [-0.39, 0.29) is 28.7 Å². The Morgan fingerprint density at radius 3 is 2.65 bits per heavy atom. The molecule has 0 aliphatic carbocycles. The van der Waals surface area contributed by atoms with Crippen LogP contribution in [-0.4, -0.2) is 54.3 Å². The quantitative estimate of drug-likeness (QED) is 0.781. The van der Waals surface area contributed by atoms with Gasteiger partial charge in [0.15, 0.2) is 15.0 Å². The highest BCUT2D eigenvalue weighted by atomic mass is 32.2. The van der Waals surface area contributed by atoms with Gasteiger partial charge < -0.3 is 9.64 Å². The SMILES string of the molecule is COc1ccccc1CN1C(=NC(=O)C(C)(C)C)S[C@H]2CS(=O)(=O)C[C@H]21. The zero-order chi connectivity index (χ0) is 19.1. The minimum atomic E-state index is -3.06. The molecule has 2 aliphatic rings. The number of benzene rings is 1. The number of nitrogens with zero attached hydrogens (tertiary/aromatic N) is 2. The summed E-state index contributed by atoms with van der Waals surface area (Å²) in [5.41, 5.74) is 0.365. The predicted molar refractivity (Wildman–Crippen MR) is 104 cm³/mol. The van der Waals surface area contributed by atoms with Crippen LogP contribution in [0, 0.1) is 5.41 Å². The van der Waals surface area contributed by atoms with Crippen molar-refractivity contribution in [3.8, 4) is 5.75 Å². The van der Waals surface area contributed by atoms with E-state index in [1.54, 1.807) is 7.11 Å². The fourth-order valence-corrected chi connectivity index (χ4v) is 7.04. The second-order valence-corrected chi connectivity index (χ2v) is 11.0. The van der Waals surface area contributed by atoms with Crippen molar-refractivity contribution in [2.24, 2.45) is 10.4 Å². The smallest absolute Gasteiger partial charge is 0.253 e. The van der Waals surface area contributed by atoms with Crippen molar-refractivity contribution in [3.63, 3.8) is 0 Å². The molecule has 0 saturated carbocycles. The normalized spacial score (nSPS) is 26.2. The highest BCUT2D eigenvalue weighted by Crippen LogP contribution is 2.40. The Kier molecular flexibility index (Phi) is 5.09. The standard InChI is InChI=1S/C18H24N2O4S2/c1-18(2,3)16(21)19-17-20(9-12-7-5-6-8-14(12)24-4)13-10-26(22,23)11-15(13)25-17/h5-8,13,15H,9-11H2,1-4H3/t13-,15+/m1/s1. The molecule has 1 amide bonds. The lowest BCUT2D eigenvalue weighted by atomic mass is 9.96. The summed E-state index contributed by atoms with van der Waals surface area (Å²) in [6.45, 7) is 5.95. The van der Waals surface area contributed by atoms with Gasteiger partial charge in [-0.05, 0) is 6.07 Å². The number of carbonyl (C=O) groups is 1. The van der Waals surface area contributed by atoms with Gasteiger partial charge in [-0.3, -0.25) is 4.79 Å². The average molecular weight is 397 g/mol. The molecule has 0 spiro atoms. The lowest BCUT2D eigenvalue weighted by molar-refractivity contribution is -0.124. The average Bonchev–Trinajstić information content (AvgIpc) is 3.00. The molecular weight excluding hydrogens is 372 g/mol. The number of fused-ring (bicyclic) bond motifs is 1. The minimum absolute atomic E-state index is 0.0822. The summed E-state index contributed by atoms with van der Waals surface area (Å²) in [6.07, 6.45) is 0. The van der Waals surface area contributed by atoms with Crippen LogP contribution in [-0.2, 0) is 21.2 Å². The highest BCUT2D eigenvalue weighted by Gasteiger charge is 2.49. The highest BCUT2D eigenvalue weighted by molar-refractivity contribution is 8.15. The Balaban J connectivity index is 1.95. The van der Waals surface area contributed by atoms with Crippen LogP contribution in [0.5, 0.6) is 5.75 Å². The third-order valence-electron chi connectivity index (χ3n) is 4.55. The minimum Gasteiger partial charge on any atom is -0.496 e. The van der Waals surface area contributed by atoms with Crippen molar-refractivity contribution < 1.29 is 17.9 Å². The maximum absolute atomic E-state index is 12.4. The van der Waals surface area contributed by atoms with Gasteiger partial charge in [0.05, 0.1) is 24.7 Å². The predicted octanol–water partition coefficient (Wildman–Crippen LogP) is 2.34. The van der Waals surface area contributed by atoms with Crippen LogP contribution in [0.25, 0.3) is 0 Å². The summed E-state index contributed by atoms with van der Waals surface area (Å²) < 4.78 is 29.6. The lowest BCUT2D eigenvalue weighted by Crippen LogP contribution is -2.37. The molecule has 2 saturated heterocycles. The summed E-state index contributed by atoms with van der Waals surface area (Å²) in [4.78, 5) is 18.7. The Morgan fingerprint density at radius 1 is 1.31 bits per heavy atom. The Morgan fingerprint density at radius 2 is 2.00 bits per heavy atom. The van der Waals surface area contributed by atoms with Crippen LogP contribution in [0.2, 0.25) is 0 Å². The molecule has 1 aromatic carbocycles. The number of hydrogen-bond donors (Lipinski definition) is 0. The van der Waals surface area contributed by atoms with Gasteiger partial charge in [-0.25, -0.2) is 8.42 Å². The fraction of sp³-hybridized carbons (Fsp3) is 0.556. The van der Waals surface area contributed by atoms with Gasteiger partial charge in [-0.2, -0.15) is 4.99 Å². The summed E-state index contributed by atoms with van der Waals surface area (Å²) in [7, 11) is -1.45. The van der Waals surface area contributed by atoms with E-state index >= 15 is 0 Å². The Labute approximate surface area is 158 Å². The summed E-state index contributed by atoms with van der Waals surface area (Å²) >= 11 is 1.40. The van der Waals surface area contributed by atoms with E-state index in [0.717, 1.165) is 11.3 Å². The topological polar surface area (TPSA) is 76.0 Å². The number of thioether (sulfide) groups is 1. The number of rotatable bonds is 3. The van der Waals surface area contributed by atoms with Crippen LogP contribution in [0.3, 0.4) is 0 Å². The number of para-hydroxylation sites is 1. The van der Waals surface area contributed by atoms with Crippen molar-refractivity contribution in [1.82, 2.24) is 4.90 Å².